The van der Waals surface area contributed by atoms with Gasteiger partial charge in [-0.15, -0.1) is 0 Å². The molecule has 3 heteroatoms. The number of rotatable bonds is 3. The molecule has 0 aromatic heterocycles. The van der Waals surface area contributed by atoms with E-state index in [1.807, 2.05) is 25.1 Å². The summed E-state index contributed by atoms with van der Waals surface area (Å²) in [6.45, 7) is 3.63. The Kier molecular flexibility index (Phi) is 3.82. The van der Waals surface area contributed by atoms with E-state index in [2.05, 4.69) is 12.1 Å². The molecule has 1 saturated heterocycles. The number of carbonyl (C=O) groups is 1. The third-order valence-corrected chi connectivity index (χ3v) is 5.32. The van der Waals surface area contributed by atoms with E-state index in [0.717, 1.165) is 30.4 Å². The van der Waals surface area contributed by atoms with Crippen LogP contribution in [0.5, 0.6) is 0 Å². The van der Waals surface area contributed by atoms with Gasteiger partial charge in [0.2, 0.25) is 0 Å². The first-order valence-corrected chi connectivity index (χ1v) is 8.56. The number of hydrogen-bond donors (Lipinski definition) is 0. The van der Waals surface area contributed by atoms with E-state index in [-0.39, 0.29) is 11.9 Å². The molecule has 3 aliphatic rings. The lowest BCUT2D eigenvalue weighted by molar-refractivity contribution is -0.147. The third-order valence-electron chi connectivity index (χ3n) is 5.32. The second-order valence-corrected chi connectivity index (χ2v) is 6.48. The standard InChI is InChI=1S/C20H22O3/c1-2-23-20(21)19-15-10-6-9-14(15)16-11-22-12-17(16)18(19)13-7-4-3-5-8-13/h3-5,7-8,15,19H,2,6,9-12H2,1H3/t15-,19+/m1/s1. The minimum absolute atomic E-state index is 0.0748. The van der Waals surface area contributed by atoms with Crippen LogP contribution in [-0.2, 0) is 14.3 Å². The molecule has 0 bridgehead atoms. The highest BCUT2D eigenvalue weighted by molar-refractivity contribution is 5.93. The first kappa shape index (κ1) is 14.7. The molecule has 1 aromatic carbocycles. The van der Waals surface area contributed by atoms with Crippen molar-refractivity contribution < 1.29 is 14.3 Å². The van der Waals surface area contributed by atoms with E-state index < -0.39 is 0 Å². The highest BCUT2D eigenvalue weighted by Crippen LogP contribution is 2.52. The van der Waals surface area contributed by atoms with Crippen LogP contribution < -0.4 is 0 Å². The summed E-state index contributed by atoms with van der Waals surface area (Å²) in [6.07, 6.45) is 3.34. The fourth-order valence-electron chi connectivity index (χ4n) is 4.45. The van der Waals surface area contributed by atoms with E-state index in [0.29, 0.717) is 25.7 Å². The topological polar surface area (TPSA) is 35.5 Å². The predicted molar refractivity (Wildman–Crippen MR) is 88.7 cm³/mol. The Morgan fingerprint density at radius 3 is 2.78 bits per heavy atom. The van der Waals surface area contributed by atoms with Crippen molar-refractivity contribution in [1.82, 2.24) is 0 Å². The second-order valence-electron chi connectivity index (χ2n) is 6.48. The average Bonchev–Trinajstić information content (AvgIpc) is 3.23. The Balaban J connectivity index is 1.89. The van der Waals surface area contributed by atoms with Crippen molar-refractivity contribution in [2.75, 3.05) is 19.8 Å². The van der Waals surface area contributed by atoms with Crippen LogP contribution >= 0.6 is 0 Å². The van der Waals surface area contributed by atoms with Crippen molar-refractivity contribution in [2.24, 2.45) is 11.8 Å². The number of allylic oxidation sites excluding steroid dienone is 1. The molecule has 0 N–H and O–H groups in total. The monoisotopic (exact) mass is 310 g/mol. The van der Waals surface area contributed by atoms with Gasteiger partial charge in [0, 0.05) is 0 Å². The summed E-state index contributed by atoms with van der Waals surface area (Å²) in [5.41, 5.74) is 6.34. The molecule has 1 aromatic rings. The van der Waals surface area contributed by atoms with E-state index in [1.54, 1.807) is 0 Å². The molecule has 23 heavy (non-hydrogen) atoms. The molecule has 0 unspecified atom stereocenters. The zero-order chi connectivity index (χ0) is 15.8. The molecular formula is C20H22O3. The maximum absolute atomic E-state index is 12.8. The smallest absolute Gasteiger partial charge is 0.314 e. The van der Waals surface area contributed by atoms with E-state index >= 15 is 0 Å². The maximum Gasteiger partial charge on any atom is 0.314 e. The number of hydrogen-bond acceptors (Lipinski definition) is 3. The van der Waals surface area contributed by atoms with Gasteiger partial charge in [0.1, 0.15) is 0 Å². The molecule has 120 valence electrons. The summed E-state index contributed by atoms with van der Waals surface area (Å²) in [5, 5.41) is 0. The first-order valence-electron chi connectivity index (χ1n) is 8.56. The number of esters is 1. The van der Waals surface area contributed by atoms with Gasteiger partial charge in [-0.1, -0.05) is 35.9 Å². The summed E-state index contributed by atoms with van der Waals surface area (Å²) in [4.78, 5) is 12.8. The van der Waals surface area contributed by atoms with Crippen LogP contribution in [0.25, 0.3) is 5.57 Å². The normalized spacial score (nSPS) is 26.3. The van der Waals surface area contributed by atoms with Crippen LogP contribution in [0.3, 0.4) is 0 Å². The van der Waals surface area contributed by atoms with Gasteiger partial charge < -0.3 is 9.47 Å². The van der Waals surface area contributed by atoms with Crippen LogP contribution in [-0.4, -0.2) is 25.8 Å². The summed E-state index contributed by atoms with van der Waals surface area (Å²) >= 11 is 0. The minimum Gasteiger partial charge on any atom is -0.466 e. The fourth-order valence-corrected chi connectivity index (χ4v) is 4.45. The largest absolute Gasteiger partial charge is 0.466 e. The van der Waals surface area contributed by atoms with Gasteiger partial charge in [0.05, 0.1) is 25.7 Å². The predicted octanol–water partition coefficient (Wildman–Crippen LogP) is 3.76. The fraction of sp³-hybridized carbons (Fsp3) is 0.450. The minimum atomic E-state index is -0.171. The van der Waals surface area contributed by atoms with E-state index in [4.69, 9.17) is 9.47 Å². The van der Waals surface area contributed by atoms with E-state index in [1.165, 1.54) is 16.7 Å². The number of benzene rings is 1. The van der Waals surface area contributed by atoms with Crippen LogP contribution in [0.1, 0.15) is 31.7 Å². The second kappa shape index (κ2) is 5.97. The Bertz CT molecular complexity index is 684. The van der Waals surface area contributed by atoms with Crippen molar-refractivity contribution in [3.63, 3.8) is 0 Å². The highest BCUT2D eigenvalue weighted by Gasteiger charge is 2.45. The molecule has 0 radical (unpaired) electrons. The summed E-state index contributed by atoms with van der Waals surface area (Å²) in [5.74, 6) is 0.0502. The van der Waals surface area contributed by atoms with Gasteiger partial charge in [0.15, 0.2) is 0 Å². The van der Waals surface area contributed by atoms with Crippen molar-refractivity contribution in [3.8, 4) is 0 Å². The highest BCUT2D eigenvalue weighted by atomic mass is 16.5. The molecule has 4 rings (SSSR count). The van der Waals surface area contributed by atoms with Gasteiger partial charge in [-0.25, -0.2) is 0 Å². The van der Waals surface area contributed by atoms with Gasteiger partial charge in [-0.2, -0.15) is 0 Å². The zero-order valence-corrected chi connectivity index (χ0v) is 13.5. The van der Waals surface area contributed by atoms with Crippen molar-refractivity contribution >= 4 is 11.5 Å². The molecule has 3 nitrogen and oxygen atoms in total. The first-order chi connectivity index (χ1) is 11.3. The zero-order valence-electron chi connectivity index (χ0n) is 13.5. The lowest BCUT2D eigenvalue weighted by Gasteiger charge is -2.32. The molecule has 0 spiro atoms. The molecule has 2 atom stereocenters. The van der Waals surface area contributed by atoms with Gasteiger partial charge >= 0.3 is 5.97 Å². The van der Waals surface area contributed by atoms with Crippen molar-refractivity contribution in [1.29, 1.82) is 0 Å². The Labute approximate surface area is 137 Å². The molecule has 1 heterocycles. The summed E-state index contributed by atoms with van der Waals surface area (Å²) in [6, 6.07) is 10.3. The van der Waals surface area contributed by atoms with Gasteiger partial charge in [-0.05, 0) is 54.4 Å². The van der Waals surface area contributed by atoms with Crippen LogP contribution in [0.15, 0.2) is 47.1 Å². The van der Waals surface area contributed by atoms with Crippen LogP contribution in [0, 0.1) is 11.8 Å². The molecule has 1 saturated carbocycles. The maximum atomic E-state index is 12.8. The molecule has 1 aliphatic heterocycles. The number of fused-ring (bicyclic) bond motifs is 2. The summed E-state index contributed by atoms with van der Waals surface area (Å²) in [7, 11) is 0. The van der Waals surface area contributed by atoms with Crippen molar-refractivity contribution in [3.05, 3.63) is 52.6 Å². The van der Waals surface area contributed by atoms with Crippen LogP contribution in [0.2, 0.25) is 0 Å². The SMILES string of the molecule is CCOC(=O)[C@@H]1C(c2ccccc2)=C2COCC2=C2CCC[C@H]21. The molecule has 0 amide bonds. The Morgan fingerprint density at radius 1 is 1.22 bits per heavy atom. The molecular weight excluding hydrogens is 288 g/mol. The number of carbonyl (C=O) groups excluding carboxylic acids is 1. The van der Waals surface area contributed by atoms with Crippen LogP contribution in [0.4, 0.5) is 0 Å². The third kappa shape index (κ3) is 2.34. The lowest BCUT2D eigenvalue weighted by Crippen LogP contribution is -2.31. The molecule has 2 aliphatic carbocycles. The van der Waals surface area contributed by atoms with Gasteiger partial charge in [-0.3, -0.25) is 4.79 Å². The number of ether oxygens (including phenoxy) is 2. The van der Waals surface area contributed by atoms with E-state index in [9.17, 15) is 4.79 Å². The lowest BCUT2D eigenvalue weighted by atomic mass is 9.71. The Morgan fingerprint density at radius 2 is 2.00 bits per heavy atom. The van der Waals surface area contributed by atoms with Crippen molar-refractivity contribution in [2.45, 2.75) is 26.2 Å². The Hall–Kier alpha value is -1.87. The average molecular weight is 310 g/mol. The summed E-state index contributed by atoms with van der Waals surface area (Å²) < 4.78 is 11.2. The quantitative estimate of drug-likeness (QED) is 0.797. The molecule has 2 fully saturated rings. The van der Waals surface area contributed by atoms with Gasteiger partial charge in [0.25, 0.3) is 0 Å².